The van der Waals surface area contributed by atoms with Crippen LogP contribution in [0.5, 0.6) is 5.75 Å². The minimum Gasteiger partial charge on any atom is -0.489 e. The van der Waals surface area contributed by atoms with Crippen LogP contribution in [-0.2, 0) is 6.61 Å². The van der Waals surface area contributed by atoms with Gasteiger partial charge in [-0.1, -0.05) is 12.1 Å². The molecule has 0 aliphatic heterocycles. The summed E-state index contributed by atoms with van der Waals surface area (Å²) in [6.07, 6.45) is 6.77. The average Bonchev–Trinajstić information content (AvgIpc) is 3.11. The van der Waals surface area contributed by atoms with Crippen molar-refractivity contribution >= 4 is 17.2 Å². The third-order valence-electron chi connectivity index (χ3n) is 6.80. The zero-order valence-electron chi connectivity index (χ0n) is 15.8. The van der Waals surface area contributed by atoms with Crippen LogP contribution in [0.4, 0.5) is 0 Å². The van der Waals surface area contributed by atoms with Crippen molar-refractivity contribution in [1.82, 2.24) is 5.32 Å². The van der Waals surface area contributed by atoms with Crippen LogP contribution >= 0.6 is 11.3 Å². The van der Waals surface area contributed by atoms with Gasteiger partial charge in [-0.3, -0.25) is 4.79 Å². The van der Waals surface area contributed by atoms with Crippen molar-refractivity contribution in [1.29, 1.82) is 0 Å². The lowest BCUT2D eigenvalue weighted by Crippen LogP contribution is -2.55. The van der Waals surface area contributed by atoms with Crippen molar-refractivity contribution in [2.45, 2.75) is 51.7 Å². The van der Waals surface area contributed by atoms with Gasteiger partial charge in [0.2, 0.25) is 0 Å². The fourth-order valence-corrected chi connectivity index (χ4v) is 6.63. The number of carbonyl (C=O) groups excluding carboxylic acids is 1. The molecule has 1 aromatic heterocycles. The van der Waals surface area contributed by atoms with Crippen molar-refractivity contribution < 1.29 is 9.53 Å². The Labute approximate surface area is 165 Å². The van der Waals surface area contributed by atoms with Crippen LogP contribution in [0.15, 0.2) is 35.7 Å². The molecule has 0 atom stereocenters. The lowest BCUT2D eigenvalue weighted by molar-refractivity contribution is -0.0119. The molecule has 0 unspecified atom stereocenters. The number of ether oxygens (including phenoxy) is 1. The van der Waals surface area contributed by atoms with E-state index in [4.69, 9.17) is 4.74 Å². The summed E-state index contributed by atoms with van der Waals surface area (Å²) >= 11 is 1.53. The number of rotatable bonds is 5. The van der Waals surface area contributed by atoms with Crippen molar-refractivity contribution in [3.63, 3.8) is 0 Å². The Morgan fingerprint density at radius 3 is 2.56 bits per heavy atom. The highest BCUT2D eigenvalue weighted by atomic mass is 32.1. The third-order valence-corrected chi connectivity index (χ3v) is 7.77. The van der Waals surface area contributed by atoms with Gasteiger partial charge in [-0.05, 0) is 91.8 Å². The second-order valence-corrected chi connectivity index (χ2v) is 9.77. The SMILES string of the molecule is Cc1cccc(OCc2csc(C(=O)NC3C4CC5CC(C4)CC3C5)c2)c1. The maximum atomic E-state index is 12.8. The van der Waals surface area contributed by atoms with Crippen molar-refractivity contribution in [3.05, 3.63) is 51.7 Å². The van der Waals surface area contributed by atoms with Gasteiger partial charge in [-0.25, -0.2) is 0 Å². The molecule has 1 heterocycles. The molecule has 0 radical (unpaired) electrons. The molecule has 1 aromatic carbocycles. The number of aryl methyl sites for hydroxylation is 1. The fourth-order valence-electron chi connectivity index (χ4n) is 5.83. The minimum absolute atomic E-state index is 0.110. The quantitative estimate of drug-likeness (QED) is 0.774. The molecule has 4 saturated carbocycles. The normalized spacial score (nSPS) is 31.1. The maximum Gasteiger partial charge on any atom is 0.261 e. The van der Waals surface area contributed by atoms with Crippen LogP contribution in [0.1, 0.15) is 52.9 Å². The van der Waals surface area contributed by atoms with E-state index in [0.29, 0.717) is 24.5 Å². The molecule has 1 N–H and O–H groups in total. The van der Waals surface area contributed by atoms with Gasteiger partial charge in [0.05, 0.1) is 4.88 Å². The Kier molecular flexibility index (Phi) is 4.47. The van der Waals surface area contributed by atoms with E-state index < -0.39 is 0 Å². The van der Waals surface area contributed by atoms with E-state index in [9.17, 15) is 4.79 Å². The molecule has 4 bridgehead atoms. The maximum absolute atomic E-state index is 12.8. The van der Waals surface area contributed by atoms with Crippen LogP contribution in [0.3, 0.4) is 0 Å². The number of thiophene rings is 1. The first-order valence-electron chi connectivity index (χ1n) is 10.2. The number of hydrogen-bond donors (Lipinski definition) is 1. The van der Waals surface area contributed by atoms with Crippen LogP contribution in [0.2, 0.25) is 0 Å². The van der Waals surface area contributed by atoms with Crippen molar-refractivity contribution in [2.24, 2.45) is 23.7 Å². The van der Waals surface area contributed by atoms with Crippen LogP contribution in [-0.4, -0.2) is 11.9 Å². The molecule has 2 aromatic rings. The third kappa shape index (κ3) is 3.52. The van der Waals surface area contributed by atoms with Crippen LogP contribution in [0.25, 0.3) is 0 Å². The highest BCUT2D eigenvalue weighted by Gasteiger charge is 2.48. The molecule has 6 rings (SSSR count). The molecule has 27 heavy (non-hydrogen) atoms. The van der Waals surface area contributed by atoms with Crippen LogP contribution < -0.4 is 10.1 Å². The molecule has 4 heteroatoms. The van der Waals surface area contributed by atoms with Crippen molar-refractivity contribution in [3.8, 4) is 5.75 Å². The number of hydrogen-bond acceptors (Lipinski definition) is 3. The Balaban J connectivity index is 1.20. The Morgan fingerprint density at radius 2 is 1.85 bits per heavy atom. The summed E-state index contributed by atoms with van der Waals surface area (Å²) in [5, 5.41) is 5.45. The second kappa shape index (κ2) is 6.97. The van der Waals surface area contributed by atoms with E-state index in [-0.39, 0.29) is 5.91 Å². The van der Waals surface area contributed by atoms with Gasteiger partial charge >= 0.3 is 0 Å². The van der Waals surface area contributed by atoms with Crippen molar-refractivity contribution in [2.75, 3.05) is 0 Å². The van der Waals surface area contributed by atoms with E-state index in [0.717, 1.165) is 28.0 Å². The standard InChI is InChI=1S/C23H27NO2S/c1-14-3-2-4-20(5-14)26-12-17-11-21(27-13-17)23(25)24-22-18-7-15-6-16(9-18)10-19(22)8-15/h2-5,11,13,15-16,18-19,22H,6-10,12H2,1H3,(H,24,25). The highest BCUT2D eigenvalue weighted by molar-refractivity contribution is 7.12. The van der Waals surface area contributed by atoms with E-state index in [1.807, 2.05) is 29.6 Å². The zero-order valence-corrected chi connectivity index (χ0v) is 16.6. The Morgan fingerprint density at radius 1 is 1.11 bits per heavy atom. The summed E-state index contributed by atoms with van der Waals surface area (Å²) < 4.78 is 5.87. The molecule has 3 nitrogen and oxygen atoms in total. The second-order valence-electron chi connectivity index (χ2n) is 8.85. The Bertz CT molecular complexity index is 814. The van der Waals surface area contributed by atoms with Gasteiger partial charge in [-0.15, -0.1) is 11.3 Å². The molecule has 0 spiro atoms. The lowest BCUT2D eigenvalue weighted by atomic mass is 9.54. The fraction of sp³-hybridized carbons (Fsp3) is 0.522. The number of carbonyl (C=O) groups is 1. The van der Waals surface area contributed by atoms with E-state index in [1.165, 1.54) is 49.0 Å². The first-order chi connectivity index (χ1) is 13.1. The molecule has 1 amide bonds. The van der Waals surface area contributed by atoms with Gasteiger partial charge in [-0.2, -0.15) is 0 Å². The number of amides is 1. The van der Waals surface area contributed by atoms with Gasteiger partial charge in [0.1, 0.15) is 12.4 Å². The minimum atomic E-state index is 0.110. The average molecular weight is 382 g/mol. The molecular weight excluding hydrogens is 354 g/mol. The monoisotopic (exact) mass is 381 g/mol. The number of benzene rings is 1. The largest absolute Gasteiger partial charge is 0.489 e. The summed E-state index contributed by atoms with van der Waals surface area (Å²) in [5.41, 5.74) is 2.25. The Hall–Kier alpha value is -1.81. The van der Waals surface area contributed by atoms with Gasteiger partial charge < -0.3 is 10.1 Å². The predicted molar refractivity (Wildman–Crippen MR) is 108 cm³/mol. The lowest BCUT2D eigenvalue weighted by Gasteiger charge is -2.54. The van der Waals surface area contributed by atoms with Gasteiger partial charge in [0, 0.05) is 11.6 Å². The predicted octanol–water partition coefficient (Wildman–Crippen LogP) is 5.19. The summed E-state index contributed by atoms with van der Waals surface area (Å²) in [6, 6.07) is 10.5. The van der Waals surface area contributed by atoms with E-state index >= 15 is 0 Å². The molecule has 4 aliphatic rings. The number of nitrogens with one attached hydrogen (secondary N) is 1. The molecule has 0 saturated heterocycles. The topological polar surface area (TPSA) is 38.3 Å². The highest BCUT2D eigenvalue weighted by Crippen LogP contribution is 2.53. The van der Waals surface area contributed by atoms with Gasteiger partial charge in [0.15, 0.2) is 0 Å². The van der Waals surface area contributed by atoms with Gasteiger partial charge in [0.25, 0.3) is 5.91 Å². The molecule has 4 fully saturated rings. The van der Waals surface area contributed by atoms with Crippen LogP contribution in [0, 0.1) is 30.6 Å². The smallest absolute Gasteiger partial charge is 0.261 e. The summed E-state index contributed by atoms with van der Waals surface area (Å²) in [7, 11) is 0. The summed E-state index contributed by atoms with van der Waals surface area (Å²) in [4.78, 5) is 13.6. The summed E-state index contributed by atoms with van der Waals surface area (Å²) in [6.45, 7) is 2.56. The molecule has 142 valence electrons. The molecular formula is C23H27NO2S. The first kappa shape index (κ1) is 17.3. The van der Waals surface area contributed by atoms with E-state index in [1.54, 1.807) is 0 Å². The summed E-state index contributed by atoms with van der Waals surface area (Å²) in [5.74, 6) is 4.30. The zero-order chi connectivity index (χ0) is 18.4. The first-order valence-corrected chi connectivity index (χ1v) is 11.1. The van der Waals surface area contributed by atoms with E-state index in [2.05, 4.69) is 18.3 Å². The molecule has 4 aliphatic carbocycles.